The van der Waals surface area contributed by atoms with Crippen LogP contribution in [0.3, 0.4) is 0 Å². The Kier molecular flexibility index (Phi) is 9.83. The highest BCUT2D eigenvalue weighted by Crippen LogP contribution is 2.23. The van der Waals surface area contributed by atoms with Crippen LogP contribution in [0.25, 0.3) is 11.3 Å². The summed E-state index contributed by atoms with van der Waals surface area (Å²) in [7, 11) is 3.21. The molecular weight excluding hydrogens is 536 g/mol. The standard InChI is InChI=1S/C31H38N6O5/c1-40-26-7-3-5-24(21-26)28-9-10-29(33-32-28)35-13-15-36(16-14-35)30(38)23-37(12-11-34-17-19-42-20-18-34)31(39)25-6-4-8-27(22-25)41-2/h3-10,21-22H,11-20,23H2,1-2H3. The fraction of sp³-hybridized carbons (Fsp3) is 0.419. The summed E-state index contributed by atoms with van der Waals surface area (Å²) < 4.78 is 16.1. The number of amides is 2. The molecule has 0 unspecified atom stereocenters. The van der Waals surface area contributed by atoms with Crippen molar-refractivity contribution in [2.75, 3.05) is 91.2 Å². The van der Waals surface area contributed by atoms with E-state index in [9.17, 15) is 9.59 Å². The molecule has 2 fully saturated rings. The van der Waals surface area contributed by atoms with E-state index in [-0.39, 0.29) is 18.4 Å². The van der Waals surface area contributed by atoms with Gasteiger partial charge in [-0.05, 0) is 42.5 Å². The molecule has 2 saturated heterocycles. The molecule has 1 aromatic heterocycles. The lowest BCUT2D eigenvalue weighted by molar-refractivity contribution is -0.132. The molecule has 0 atom stereocenters. The van der Waals surface area contributed by atoms with E-state index in [4.69, 9.17) is 14.2 Å². The number of methoxy groups -OCH3 is 2. The van der Waals surface area contributed by atoms with Gasteiger partial charge in [-0.1, -0.05) is 18.2 Å². The van der Waals surface area contributed by atoms with Crippen LogP contribution in [-0.2, 0) is 9.53 Å². The number of carbonyl (C=O) groups is 2. The SMILES string of the molecule is COc1cccc(C(=O)N(CCN2CCOCC2)CC(=O)N2CCN(c3ccc(-c4cccc(OC)c4)nn3)CC2)c1. The maximum absolute atomic E-state index is 13.5. The Hall–Kier alpha value is -4.22. The number of nitrogens with zero attached hydrogens (tertiary/aromatic N) is 6. The molecular formula is C31H38N6O5. The number of carbonyl (C=O) groups excluding carboxylic acids is 2. The van der Waals surface area contributed by atoms with Crippen molar-refractivity contribution >= 4 is 17.6 Å². The van der Waals surface area contributed by atoms with Gasteiger partial charge in [0.05, 0.1) is 33.1 Å². The van der Waals surface area contributed by atoms with Crippen molar-refractivity contribution in [3.05, 3.63) is 66.2 Å². The van der Waals surface area contributed by atoms with Gasteiger partial charge >= 0.3 is 0 Å². The van der Waals surface area contributed by atoms with Gasteiger partial charge in [-0.15, -0.1) is 10.2 Å². The van der Waals surface area contributed by atoms with Gasteiger partial charge in [0.1, 0.15) is 18.0 Å². The minimum Gasteiger partial charge on any atom is -0.497 e. The normalized spacial score (nSPS) is 15.8. The highest BCUT2D eigenvalue weighted by molar-refractivity contribution is 5.97. The van der Waals surface area contributed by atoms with Crippen molar-refractivity contribution in [3.8, 4) is 22.8 Å². The molecule has 0 N–H and O–H groups in total. The molecule has 42 heavy (non-hydrogen) atoms. The zero-order chi connectivity index (χ0) is 29.3. The molecule has 2 aliphatic rings. The van der Waals surface area contributed by atoms with Gasteiger partial charge in [-0.2, -0.15) is 0 Å². The Bertz CT molecular complexity index is 1340. The van der Waals surface area contributed by atoms with Crippen LogP contribution < -0.4 is 14.4 Å². The smallest absolute Gasteiger partial charge is 0.254 e. The molecule has 0 aliphatic carbocycles. The second-order valence-electron chi connectivity index (χ2n) is 10.3. The average Bonchev–Trinajstić information content (AvgIpc) is 3.07. The molecule has 2 aliphatic heterocycles. The van der Waals surface area contributed by atoms with Crippen LogP contribution in [0.5, 0.6) is 11.5 Å². The fourth-order valence-corrected chi connectivity index (χ4v) is 5.16. The van der Waals surface area contributed by atoms with Gasteiger partial charge in [0.25, 0.3) is 5.91 Å². The van der Waals surface area contributed by atoms with Crippen LogP contribution in [0.4, 0.5) is 5.82 Å². The maximum atomic E-state index is 13.5. The quantitative estimate of drug-likeness (QED) is 0.361. The van der Waals surface area contributed by atoms with E-state index in [1.807, 2.05) is 41.3 Å². The van der Waals surface area contributed by atoms with Crippen molar-refractivity contribution < 1.29 is 23.8 Å². The van der Waals surface area contributed by atoms with Crippen molar-refractivity contribution in [1.29, 1.82) is 0 Å². The first-order valence-corrected chi connectivity index (χ1v) is 14.3. The Balaban J connectivity index is 1.19. The Labute approximate surface area is 246 Å². The summed E-state index contributed by atoms with van der Waals surface area (Å²) in [6.45, 7) is 6.53. The molecule has 0 bridgehead atoms. The van der Waals surface area contributed by atoms with E-state index in [0.29, 0.717) is 63.8 Å². The van der Waals surface area contributed by atoms with Crippen molar-refractivity contribution in [2.45, 2.75) is 0 Å². The molecule has 0 saturated carbocycles. The van der Waals surface area contributed by atoms with Gasteiger partial charge in [0.2, 0.25) is 5.91 Å². The lowest BCUT2D eigenvalue weighted by atomic mass is 10.1. The number of aromatic nitrogens is 2. The Morgan fingerprint density at radius 2 is 1.57 bits per heavy atom. The summed E-state index contributed by atoms with van der Waals surface area (Å²) >= 11 is 0. The van der Waals surface area contributed by atoms with Gasteiger partial charge in [-0.25, -0.2) is 0 Å². The first kappa shape index (κ1) is 29.3. The highest BCUT2D eigenvalue weighted by Gasteiger charge is 2.27. The van der Waals surface area contributed by atoms with E-state index in [2.05, 4.69) is 20.0 Å². The largest absolute Gasteiger partial charge is 0.497 e. The molecule has 5 rings (SSSR count). The monoisotopic (exact) mass is 574 g/mol. The molecule has 0 radical (unpaired) electrons. The minimum atomic E-state index is -0.180. The van der Waals surface area contributed by atoms with Crippen molar-refractivity contribution in [3.63, 3.8) is 0 Å². The van der Waals surface area contributed by atoms with Crippen LogP contribution in [0, 0.1) is 0 Å². The van der Waals surface area contributed by atoms with E-state index in [1.165, 1.54) is 0 Å². The second-order valence-corrected chi connectivity index (χ2v) is 10.3. The maximum Gasteiger partial charge on any atom is 0.254 e. The molecule has 3 aromatic rings. The topological polar surface area (TPSA) is 101 Å². The van der Waals surface area contributed by atoms with Gasteiger partial charge < -0.3 is 28.9 Å². The van der Waals surface area contributed by atoms with E-state index < -0.39 is 0 Å². The predicted octanol–water partition coefficient (Wildman–Crippen LogP) is 2.28. The second kappa shape index (κ2) is 14.1. The summed E-state index contributed by atoms with van der Waals surface area (Å²) in [4.78, 5) is 34.8. The molecule has 222 valence electrons. The van der Waals surface area contributed by atoms with Gasteiger partial charge in [0, 0.05) is 63.5 Å². The molecule has 11 heteroatoms. The molecule has 0 spiro atoms. The highest BCUT2D eigenvalue weighted by atomic mass is 16.5. The first-order chi connectivity index (χ1) is 20.5. The van der Waals surface area contributed by atoms with Gasteiger partial charge in [0.15, 0.2) is 5.82 Å². The van der Waals surface area contributed by atoms with Crippen LogP contribution >= 0.6 is 0 Å². The van der Waals surface area contributed by atoms with Gasteiger partial charge in [-0.3, -0.25) is 14.5 Å². The zero-order valence-electron chi connectivity index (χ0n) is 24.3. The number of morpholine rings is 1. The number of hydrogen-bond acceptors (Lipinski definition) is 9. The lowest BCUT2D eigenvalue weighted by Crippen LogP contribution is -2.53. The summed E-state index contributed by atoms with van der Waals surface area (Å²) in [6.07, 6.45) is 0. The summed E-state index contributed by atoms with van der Waals surface area (Å²) in [5, 5.41) is 8.87. The van der Waals surface area contributed by atoms with Crippen LogP contribution in [0.2, 0.25) is 0 Å². The predicted molar refractivity (Wildman–Crippen MR) is 159 cm³/mol. The van der Waals surface area contributed by atoms with Crippen LogP contribution in [-0.4, -0.2) is 123 Å². The van der Waals surface area contributed by atoms with Crippen molar-refractivity contribution in [2.24, 2.45) is 0 Å². The Morgan fingerprint density at radius 1 is 0.857 bits per heavy atom. The molecule has 2 aromatic carbocycles. The summed E-state index contributed by atoms with van der Waals surface area (Å²) in [5.74, 6) is 1.90. The van der Waals surface area contributed by atoms with E-state index >= 15 is 0 Å². The number of rotatable bonds is 10. The third-order valence-corrected chi connectivity index (χ3v) is 7.69. The average molecular weight is 575 g/mol. The number of benzene rings is 2. The van der Waals surface area contributed by atoms with E-state index in [1.54, 1.807) is 43.4 Å². The van der Waals surface area contributed by atoms with Crippen molar-refractivity contribution in [1.82, 2.24) is 24.9 Å². The third kappa shape index (κ3) is 7.34. The third-order valence-electron chi connectivity index (χ3n) is 7.69. The summed E-state index contributed by atoms with van der Waals surface area (Å²) in [6, 6.07) is 18.7. The first-order valence-electron chi connectivity index (χ1n) is 14.3. The minimum absolute atomic E-state index is 0.0232. The number of piperazine rings is 1. The summed E-state index contributed by atoms with van der Waals surface area (Å²) in [5.41, 5.74) is 2.21. The van der Waals surface area contributed by atoms with Crippen LogP contribution in [0.15, 0.2) is 60.7 Å². The number of ether oxygens (including phenoxy) is 3. The Morgan fingerprint density at radius 3 is 2.26 bits per heavy atom. The molecule has 11 nitrogen and oxygen atoms in total. The van der Waals surface area contributed by atoms with E-state index in [0.717, 1.165) is 35.9 Å². The number of anilines is 1. The van der Waals surface area contributed by atoms with Crippen LogP contribution in [0.1, 0.15) is 10.4 Å². The fourth-order valence-electron chi connectivity index (χ4n) is 5.16. The zero-order valence-corrected chi connectivity index (χ0v) is 24.3. The molecule has 3 heterocycles. The number of hydrogen-bond donors (Lipinski definition) is 0. The molecule has 2 amide bonds. The lowest BCUT2D eigenvalue weighted by Gasteiger charge is -2.36.